The predicted molar refractivity (Wildman–Crippen MR) is 139 cm³/mol. The van der Waals surface area contributed by atoms with Crippen LogP contribution in [0.3, 0.4) is 0 Å². The Labute approximate surface area is 213 Å². The van der Waals surface area contributed by atoms with E-state index in [4.69, 9.17) is 9.15 Å². The largest absolute Gasteiger partial charge is 0.496 e. The van der Waals surface area contributed by atoms with Gasteiger partial charge in [-0.05, 0) is 30.7 Å². The van der Waals surface area contributed by atoms with Crippen molar-refractivity contribution in [1.82, 2.24) is 15.1 Å². The van der Waals surface area contributed by atoms with Crippen LogP contribution in [0.15, 0.2) is 71.3 Å². The Kier molecular flexibility index (Phi) is 8.10. The predicted octanol–water partition coefficient (Wildman–Crippen LogP) is 4.33. The first-order valence-corrected chi connectivity index (χ1v) is 12.4. The highest BCUT2D eigenvalue weighted by Gasteiger charge is 2.40. The van der Waals surface area contributed by atoms with Crippen molar-refractivity contribution in [1.29, 1.82) is 0 Å². The topological polar surface area (TPSA) is 75.0 Å². The van der Waals surface area contributed by atoms with Gasteiger partial charge in [0.25, 0.3) is 0 Å². The molecular weight excluding hydrogens is 454 g/mol. The van der Waals surface area contributed by atoms with Crippen molar-refractivity contribution in [3.05, 3.63) is 78.1 Å². The van der Waals surface area contributed by atoms with E-state index >= 15 is 0 Å². The van der Waals surface area contributed by atoms with Crippen LogP contribution in [0.2, 0.25) is 0 Å². The molecule has 1 N–H and O–H groups in total. The molecule has 1 saturated heterocycles. The van der Waals surface area contributed by atoms with Gasteiger partial charge in [0.2, 0.25) is 11.8 Å². The summed E-state index contributed by atoms with van der Waals surface area (Å²) in [6.45, 7) is 7.97. The van der Waals surface area contributed by atoms with E-state index in [9.17, 15) is 9.59 Å². The average molecular weight is 490 g/mol. The number of hydrogen-bond acceptors (Lipinski definition) is 5. The van der Waals surface area contributed by atoms with Crippen LogP contribution in [0, 0.1) is 5.92 Å². The molecule has 3 aromatic rings. The minimum atomic E-state index is -0.569. The van der Waals surface area contributed by atoms with Crippen LogP contribution in [-0.4, -0.2) is 53.9 Å². The standard InChI is InChI=1S/C29H35N3O4/c1-20(2)29(34)32-21(3)17-31(18-24-8-5-6-9-26(24)35-4)19-25(32)28(33)30-16-22-11-13-23(14-12-22)27-10-7-15-36-27/h5-15,20-21,25H,16-19H2,1-4H3,(H,30,33). The zero-order chi connectivity index (χ0) is 25.7. The van der Waals surface area contributed by atoms with Crippen molar-refractivity contribution < 1.29 is 18.7 Å². The number of benzene rings is 2. The molecule has 4 rings (SSSR count). The van der Waals surface area contributed by atoms with E-state index in [-0.39, 0.29) is 23.8 Å². The number of carbonyl (C=O) groups excluding carboxylic acids is 2. The van der Waals surface area contributed by atoms with Crippen molar-refractivity contribution in [2.45, 2.75) is 45.9 Å². The summed E-state index contributed by atoms with van der Waals surface area (Å²) < 4.78 is 11.0. The maximum atomic E-state index is 13.5. The first-order valence-electron chi connectivity index (χ1n) is 12.4. The van der Waals surface area contributed by atoms with Crippen molar-refractivity contribution in [3.8, 4) is 17.1 Å². The lowest BCUT2D eigenvalue weighted by atomic mass is 10.0. The van der Waals surface area contributed by atoms with Gasteiger partial charge in [0.15, 0.2) is 0 Å². The molecule has 1 aliphatic rings. The molecule has 36 heavy (non-hydrogen) atoms. The minimum absolute atomic E-state index is 0.00222. The van der Waals surface area contributed by atoms with Crippen LogP contribution in [0.1, 0.15) is 31.9 Å². The molecule has 1 fully saturated rings. The Balaban J connectivity index is 1.47. The molecule has 2 atom stereocenters. The average Bonchev–Trinajstić information content (AvgIpc) is 3.42. The first kappa shape index (κ1) is 25.5. The summed E-state index contributed by atoms with van der Waals surface area (Å²) in [6.07, 6.45) is 1.65. The molecule has 2 aromatic carbocycles. The molecule has 1 aliphatic heterocycles. The molecule has 2 unspecified atom stereocenters. The number of carbonyl (C=O) groups is 2. The smallest absolute Gasteiger partial charge is 0.244 e. The number of ether oxygens (including phenoxy) is 1. The second-order valence-corrected chi connectivity index (χ2v) is 9.66. The number of furan rings is 1. The lowest BCUT2D eigenvalue weighted by molar-refractivity contribution is -0.150. The van der Waals surface area contributed by atoms with E-state index in [0.29, 0.717) is 26.2 Å². The van der Waals surface area contributed by atoms with Gasteiger partial charge in [-0.2, -0.15) is 0 Å². The lowest BCUT2D eigenvalue weighted by Gasteiger charge is -2.45. The Morgan fingerprint density at radius 1 is 1.06 bits per heavy atom. The summed E-state index contributed by atoms with van der Waals surface area (Å²) in [5.74, 6) is 1.31. The molecule has 2 heterocycles. The number of methoxy groups -OCH3 is 1. The number of rotatable bonds is 8. The SMILES string of the molecule is COc1ccccc1CN1CC(C)N(C(=O)C(C)C)C(C(=O)NCc2ccc(-c3ccco3)cc2)C1. The van der Waals surface area contributed by atoms with Crippen molar-refractivity contribution in [2.75, 3.05) is 20.2 Å². The fourth-order valence-corrected chi connectivity index (χ4v) is 4.79. The summed E-state index contributed by atoms with van der Waals surface area (Å²) in [6, 6.07) is 18.9. The summed E-state index contributed by atoms with van der Waals surface area (Å²) >= 11 is 0. The minimum Gasteiger partial charge on any atom is -0.496 e. The van der Waals surface area contributed by atoms with E-state index in [1.54, 1.807) is 18.3 Å². The molecule has 0 aliphatic carbocycles. The molecule has 7 nitrogen and oxygen atoms in total. The molecule has 2 amide bonds. The van der Waals surface area contributed by atoms with Gasteiger partial charge in [-0.15, -0.1) is 0 Å². The monoisotopic (exact) mass is 489 g/mol. The van der Waals surface area contributed by atoms with Crippen molar-refractivity contribution >= 4 is 11.8 Å². The maximum Gasteiger partial charge on any atom is 0.244 e. The molecule has 190 valence electrons. The zero-order valence-corrected chi connectivity index (χ0v) is 21.4. The van der Waals surface area contributed by atoms with E-state index in [2.05, 4.69) is 10.2 Å². The van der Waals surface area contributed by atoms with Gasteiger partial charge in [0.05, 0.1) is 13.4 Å². The van der Waals surface area contributed by atoms with Crippen LogP contribution >= 0.6 is 0 Å². The molecule has 0 radical (unpaired) electrons. The molecule has 0 spiro atoms. The van der Waals surface area contributed by atoms with Crippen LogP contribution in [-0.2, 0) is 22.7 Å². The van der Waals surface area contributed by atoms with Gasteiger partial charge < -0.3 is 19.4 Å². The van der Waals surface area contributed by atoms with Gasteiger partial charge >= 0.3 is 0 Å². The fraction of sp³-hybridized carbons (Fsp3) is 0.379. The van der Waals surface area contributed by atoms with E-state index in [0.717, 1.165) is 28.2 Å². The highest BCUT2D eigenvalue weighted by atomic mass is 16.5. The van der Waals surface area contributed by atoms with E-state index in [1.165, 1.54) is 0 Å². The highest BCUT2D eigenvalue weighted by Crippen LogP contribution is 2.25. The third kappa shape index (κ3) is 5.79. The second kappa shape index (κ2) is 11.4. The summed E-state index contributed by atoms with van der Waals surface area (Å²) in [4.78, 5) is 30.6. The normalized spacial score (nSPS) is 18.3. The van der Waals surface area contributed by atoms with Gasteiger partial charge in [0.1, 0.15) is 17.6 Å². The summed E-state index contributed by atoms with van der Waals surface area (Å²) in [5.41, 5.74) is 3.03. The van der Waals surface area contributed by atoms with E-state index < -0.39 is 6.04 Å². The number of nitrogens with zero attached hydrogens (tertiary/aromatic N) is 2. The summed E-state index contributed by atoms with van der Waals surface area (Å²) in [7, 11) is 1.66. The zero-order valence-electron chi connectivity index (χ0n) is 21.4. The lowest BCUT2D eigenvalue weighted by Crippen LogP contribution is -2.64. The first-order chi connectivity index (χ1) is 17.4. The van der Waals surface area contributed by atoms with Gasteiger partial charge in [-0.25, -0.2) is 0 Å². The fourth-order valence-electron chi connectivity index (χ4n) is 4.79. The van der Waals surface area contributed by atoms with Crippen LogP contribution in [0.4, 0.5) is 0 Å². The Morgan fingerprint density at radius 3 is 2.47 bits per heavy atom. The van der Waals surface area contributed by atoms with Gasteiger partial charge in [-0.3, -0.25) is 14.5 Å². The van der Waals surface area contributed by atoms with E-state index in [1.807, 2.05) is 81.4 Å². The number of nitrogens with one attached hydrogen (secondary N) is 1. The number of hydrogen-bond donors (Lipinski definition) is 1. The van der Waals surface area contributed by atoms with Crippen molar-refractivity contribution in [2.24, 2.45) is 5.92 Å². The van der Waals surface area contributed by atoms with Crippen LogP contribution < -0.4 is 10.1 Å². The molecule has 7 heteroatoms. The quantitative estimate of drug-likeness (QED) is 0.510. The number of amides is 2. The second-order valence-electron chi connectivity index (χ2n) is 9.66. The van der Waals surface area contributed by atoms with Crippen molar-refractivity contribution in [3.63, 3.8) is 0 Å². The summed E-state index contributed by atoms with van der Waals surface area (Å²) in [5, 5.41) is 3.07. The maximum absolute atomic E-state index is 13.5. The van der Waals surface area contributed by atoms with Crippen LogP contribution in [0.25, 0.3) is 11.3 Å². The third-order valence-corrected chi connectivity index (χ3v) is 6.63. The Morgan fingerprint density at radius 2 is 1.81 bits per heavy atom. The third-order valence-electron chi connectivity index (χ3n) is 6.63. The molecule has 0 bridgehead atoms. The molecular formula is C29H35N3O4. The van der Waals surface area contributed by atoms with Crippen LogP contribution in [0.5, 0.6) is 5.75 Å². The highest BCUT2D eigenvalue weighted by molar-refractivity contribution is 5.89. The number of piperazine rings is 1. The number of para-hydroxylation sites is 1. The van der Waals surface area contributed by atoms with Gasteiger partial charge in [-0.1, -0.05) is 56.3 Å². The molecule has 0 saturated carbocycles. The van der Waals surface area contributed by atoms with Gasteiger partial charge in [0, 0.05) is 49.3 Å². The Hall–Kier alpha value is -3.58. The molecule has 1 aromatic heterocycles. The Bertz CT molecular complexity index is 1160.